The Morgan fingerprint density at radius 3 is 2.40 bits per heavy atom. The van der Waals surface area contributed by atoms with E-state index in [1.54, 1.807) is 7.11 Å². The van der Waals surface area contributed by atoms with Crippen molar-refractivity contribution in [1.82, 2.24) is 4.90 Å². The summed E-state index contributed by atoms with van der Waals surface area (Å²) in [7, 11) is 1.69. The summed E-state index contributed by atoms with van der Waals surface area (Å²) in [5.74, 6) is 1.30. The van der Waals surface area contributed by atoms with E-state index >= 15 is 0 Å². The van der Waals surface area contributed by atoms with Gasteiger partial charge in [0.1, 0.15) is 0 Å². The number of carbonyl (C=O) groups excluding carboxylic acids is 1. The summed E-state index contributed by atoms with van der Waals surface area (Å²) in [6, 6.07) is 0. The maximum Gasteiger partial charge on any atom is 0.226 e. The summed E-state index contributed by atoms with van der Waals surface area (Å²) >= 11 is 0. The molecular weight excluding hydrogens is 250 g/mol. The van der Waals surface area contributed by atoms with Crippen LogP contribution in [0.4, 0.5) is 0 Å². The highest BCUT2D eigenvalue weighted by atomic mass is 16.5. The topological polar surface area (TPSA) is 29.5 Å². The standard InChI is InChI=1S/C17H31NO2/c1-12(2)10-14-15(17(14,5)6)16(19)18(8-9-20-7)11-13(3)4/h10,13-15H,8-9,11H2,1-7H3. The highest BCUT2D eigenvalue weighted by Crippen LogP contribution is 2.60. The summed E-state index contributed by atoms with van der Waals surface area (Å²) in [6.07, 6.45) is 2.26. The fourth-order valence-corrected chi connectivity index (χ4v) is 2.95. The Kier molecular flexibility index (Phi) is 5.81. The molecule has 1 fully saturated rings. The normalized spacial score (nSPS) is 23.6. The molecule has 0 bridgehead atoms. The number of rotatable bonds is 7. The van der Waals surface area contributed by atoms with Gasteiger partial charge < -0.3 is 9.64 Å². The molecule has 0 radical (unpaired) electrons. The van der Waals surface area contributed by atoms with Crippen LogP contribution < -0.4 is 0 Å². The predicted molar refractivity (Wildman–Crippen MR) is 83.5 cm³/mol. The fourth-order valence-electron chi connectivity index (χ4n) is 2.95. The Morgan fingerprint density at radius 2 is 1.95 bits per heavy atom. The van der Waals surface area contributed by atoms with Crippen LogP contribution in [0.15, 0.2) is 11.6 Å². The number of hydrogen-bond donors (Lipinski definition) is 0. The largest absolute Gasteiger partial charge is 0.383 e. The van der Waals surface area contributed by atoms with Crippen molar-refractivity contribution in [2.24, 2.45) is 23.2 Å². The summed E-state index contributed by atoms with van der Waals surface area (Å²) in [5, 5.41) is 0. The van der Waals surface area contributed by atoms with Crippen LogP contribution >= 0.6 is 0 Å². The molecule has 0 aromatic rings. The minimum atomic E-state index is 0.0939. The Morgan fingerprint density at radius 1 is 1.35 bits per heavy atom. The number of ether oxygens (including phenoxy) is 1. The average Bonchev–Trinajstić information content (AvgIpc) is 2.84. The van der Waals surface area contributed by atoms with Crippen LogP contribution in [-0.2, 0) is 9.53 Å². The van der Waals surface area contributed by atoms with Crippen molar-refractivity contribution in [3.05, 3.63) is 11.6 Å². The molecule has 0 N–H and O–H groups in total. The molecule has 0 heterocycles. The zero-order valence-electron chi connectivity index (χ0n) is 14.2. The van der Waals surface area contributed by atoms with Crippen molar-refractivity contribution < 1.29 is 9.53 Å². The van der Waals surface area contributed by atoms with Gasteiger partial charge >= 0.3 is 0 Å². The van der Waals surface area contributed by atoms with E-state index in [2.05, 4.69) is 47.6 Å². The number of methoxy groups -OCH3 is 1. The predicted octanol–water partition coefficient (Wildman–Crippen LogP) is 3.36. The van der Waals surface area contributed by atoms with Crippen LogP contribution in [-0.4, -0.2) is 37.6 Å². The molecule has 3 nitrogen and oxygen atoms in total. The molecule has 116 valence electrons. The van der Waals surface area contributed by atoms with Gasteiger partial charge in [0.15, 0.2) is 0 Å². The third kappa shape index (κ3) is 4.08. The third-order valence-electron chi connectivity index (χ3n) is 4.15. The first-order chi connectivity index (χ1) is 9.21. The van der Waals surface area contributed by atoms with Gasteiger partial charge in [-0.05, 0) is 31.1 Å². The molecular formula is C17H31NO2. The van der Waals surface area contributed by atoms with E-state index in [4.69, 9.17) is 4.74 Å². The molecule has 1 amide bonds. The maximum absolute atomic E-state index is 12.8. The summed E-state index contributed by atoms with van der Waals surface area (Å²) < 4.78 is 5.14. The molecule has 1 rings (SSSR count). The quantitative estimate of drug-likeness (QED) is 0.670. The molecule has 0 saturated heterocycles. The van der Waals surface area contributed by atoms with Gasteiger partial charge in [0.2, 0.25) is 5.91 Å². The minimum Gasteiger partial charge on any atom is -0.383 e. The summed E-state index contributed by atoms with van der Waals surface area (Å²) in [5.41, 5.74) is 1.39. The SMILES string of the molecule is COCCN(CC(C)C)C(=O)C1C(C=C(C)C)C1(C)C. The van der Waals surface area contributed by atoms with E-state index in [-0.39, 0.29) is 11.3 Å². The molecule has 1 saturated carbocycles. The van der Waals surface area contributed by atoms with Gasteiger partial charge in [0.25, 0.3) is 0 Å². The fraction of sp³-hybridized carbons (Fsp3) is 0.824. The molecule has 2 unspecified atom stereocenters. The molecule has 20 heavy (non-hydrogen) atoms. The third-order valence-corrected chi connectivity index (χ3v) is 4.15. The van der Waals surface area contributed by atoms with Crippen LogP contribution in [0.1, 0.15) is 41.5 Å². The molecule has 0 aromatic heterocycles. The number of nitrogens with zero attached hydrogens (tertiary/aromatic N) is 1. The van der Waals surface area contributed by atoms with E-state index in [1.165, 1.54) is 5.57 Å². The summed E-state index contributed by atoms with van der Waals surface area (Å²) in [6.45, 7) is 15.0. The van der Waals surface area contributed by atoms with Crippen LogP contribution in [0.2, 0.25) is 0 Å². The van der Waals surface area contributed by atoms with Gasteiger partial charge in [-0.1, -0.05) is 39.3 Å². The number of hydrogen-bond acceptors (Lipinski definition) is 2. The van der Waals surface area contributed by atoms with Crippen molar-refractivity contribution in [3.8, 4) is 0 Å². The van der Waals surface area contributed by atoms with E-state index in [1.807, 2.05) is 4.90 Å². The van der Waals surface area contributed by atoms with Crippen molar-refractivity contribution >= 4 is 5.91 Å². The number of allylic oxidation sites excluding steroid dienone is 2. The average molecular weight is 281 g/mol. The van der Waals surface area contributed by atoms with Crippen molar-refractivity contribution in [2.75, 3.05) is 26.8 Å². The van der Waals surface area contributed by atoms with Crippen molar-refractivity contribution in [3.63, 3.8) is 0 Å². The van der Waals surface area contributed by atoms with Crippen LogP contribution in [0, 0.1) is 23.2 Å². The van der Waals surface area contributed by atoms with Crippen LogP contribution in [0.5, 0.6) is 0 Å². The van der Waals surface area contributed by atoms with Gasteiger partial charge in [-0.2, -0.15) is 0 Å². The Hall–Kier alpha value is -0.830. The molecule has 3 heteroatoms. The second-order valence-electron chi connectivity index (χ2n) is 7.24. The maximum atomic E-state index is 12.8. The summed E-state index contributed by atoms with van der Waals surface area (Å²) in [4.78, 5) is 14.8. The van der Waals surface area contributed by atoms with E-state index in [0.29, 0.717) is 30.9 Å². The number of carbonyl (C=O) groups is 1. The lowest BCUT2D eigenvalue weighted by Gasteiger charge is -2.25. The Balaban J connectivity index is 2.77. The van der Waals surface area contributed by atoms with Gasteiger partial charge in [0, 0.05) is 20.2 Å². The van der Waals surface area contributed by atoms with E-state index in [0.717, 1.165) is 6.54 Å². The molecule has 1 aliphatic carbocycles. The first-order valence-corrected chi connectivity index (χ1v) is 7.64. The van der Waals surface area contributed by atoms with Crippen LogP contribution in [0.25, 0.3) is 0 Å². The van der Waals surface area contributed by atoms with Crippen LogP contribution in [0.3, 0.4) is 0 Å². The smallest absolute Gasteiger partial charge is 0.226 e. The zero-order chi connectivity index (χ0) is 15.5. The van der Waals surface area contributed by atoms with Crippen molar-refractivity contribution in [2.45, 2.75) is 41.5 Å². The highest BCUT2D eigenvalue weighted by molar-refractivity contribution is 5.83. The minimum absolute atomic E-state index is 0.0939. The van der Waals surface area contributed by atoms with Gasteiger partial charge in [-0.15, -0.1) is 0 Å². The van der Waals surface area contributed by atoms with Gasteiger partial charge in [0.05, 0.1) is 12.5 Å². The molecule has 0 aliphatic heterocycles. The molecule has 0 spiro atoms. The van der Waals surface area contributed by atoms with E-state index in [9.17, 15) is 4.79 Å². The second-order valence-corrected chi connectivity index (χ2v) is 7.24. The molecule has 0 aromatic carbocycles. The Bertz CT molecular complexity index is 367. The zero-order valence-corrected chi connectivity index (χ0v) is 14.2. The first-order valence-electron chi connectivity index (χ1n) is 7.64. The first kappa shape index (κ1) is 17.2. The lowest BCUT2D eigenvalue weighted by molar-refractivity contribution is -0.134. The van der Waals surface area contributed by atoms with E-state index < -0.39 is 0 Å². The van der Waals surface area contributed by atoms with Crippen molar-refractivity contribution in [1.29, 1.82) is 0 Å². The lowest BCUT2D eigenvalue weighted by Crippen LogP contribution is -2.38. The molecule has 1 aliphatic rings. The molecule has 2 atom stereocenters. The van der Waals surface area contributed by atoms with Gasteiger partial charge in [-0.3, -0.25) is 4.79 Å². The highest BCUT2D eigenvalue weighted by Gasteiger charge is 2.61. The van der Waals surface area contributed by atoms with Gasteiger partial charge in [-0.25, -0.2) is 0 Å². The Labute approximate surface area is 124 Å². The number of amides is 1. The lowest BCUT2D eigenvalue weighted by atomic mass is 10.1. The second kappa shape index (κ2) is 6.75. The monoisotopic (exact) mass is 281 g/mol.